The molecular weight excluding hydrogens is 168 g/mol. The molecule has 64 valence electrons. The van der Waals surface area contributed by atoms with Crippen LogP contribution in [-0.4, -0.2) is 16.6 Å². The number of thioether (sulfide) groups is 1. The highest BCUT2D eigenvalue weighted by atomic mass is 32.2. The molecule has 0 saturated carbocycles. The fourth-order valence-electron chi connectivity index (χ4n) is 1.49. The fraction of sp³-hybridized carbons (Fsp3) is 0.400. The fourth-order valence-corrected chi connectivity index (χ4v) is 2.32. The molecule has 1 saturated heterocycles. The monoisotopic (exact) mass is 180 g/mol. The highest BCUT2D eigenvalue weighted by Gasteiger charge is 2.21. The van der Waals surface area contributed by atoms with Gasteiger partial charge in [-0.1, -0.05) is 24.3 Å². The summed E-state index contributed by atoms with van der Waals surface area (Å²) < 4.78 is 0. The van der Waals surface area contributed by atoms with Gasteiger partial charge in [-0.05, 0) is 11.1 Å². The van der Waals surface area contributed by atoms with Crippen molar-refractivity contribution < 1.29 is 5.11 Å². The topological polar surface area (TPSA) is 20.2 Å². The normalized spacial score (nSPS) is 17.4. The predicted octanol–water partition coefficient (Wildman–Crippen LogP) is 2.01. The maximum absolute atomic E-state index is 9.08. The molecule has 1 aromatic carbocycles. The van der Waals surface area contributed by atoms with Gasteiger partial charge in [0, 0.05) is 17.4 Å². The Balaban J connectivity index is 2.27. The minimum atomic E-state index is 0.178. The molecule has 0 unspecified atom stereocenters. The maximum atomic E-state index is 9.08. The van der Waals surface area contributed by atoms with Crippen LogP contribution >= 0.6 is 11.8 Å². The van der Waals surface area contributed by atoms with E-state index in [9.17, 15) is 0 Å². The molecule has 0 aromatic heterocycles. The van der Waals surface area contributed by atoms with E-state index in [1.54, 1.807) is 0 Å². The van der Waals surface area contributed by atoms with Gasteiger partial charge in [-0.15, -0.1) is 0 Å². The van der Waals surface area contributed by atoms with Crippen molar-refractivity contribution in [2.24, 2.45) is 0 Å². The summed E-state index contributed by atoms with van der Waals surface area (Å²) in [6, 6.07) is 8.19. The van der Waals surface area contributed by atoms with E-state index >= 15 is 0 Å². The van der Waals surface area contributed by atoms with Crippen molar-refractivity contribution >= 4 is 11.8 Å². The number of hydrogen-bond donors (Lipinski definition) is 1. The zero-order valence-electron chi connectivity index (χ0n) is 6.86. The van der Waals surface area contributed by atoms with Gasteiger partial charge in [-0.3, -0.25) is 0 Å². The molecule has 1 aliphatic heterocycles. The molecule has 1 nitrogen and oxygen atoms in total. The van der Waals surface area contributed by atoms with Gasteiger partial charge in [0.05, 0.1) is 6.61 Å². The molecule has 1 N–H and O–H groups in total. The van der Waals surface area contributed by atoms with E-state index in [2.05, 4.69) is 12.1 Å². The summed E-state index contributed by atoms with van der Waals surface area (Å²) >= 11 is 1.98. The smallest absolute Gasteiger partial charge is 0.0684 e. The summed E-state index contributed by atoms with van der Waals surface area (Å²) in [5, 5.41) is 9.08. The second-order valence-electron chi connectivity index (χ2n) is 3.09. The van der Waals surface area contributed by atoms with Gasteiger partial charge in [-0.25, -0.2) is 0 Å². The van der Waals surface area contributed by atoms with Crippen molar-refractivity contribution in [3.05, 3.63) is 35.4 Å². The molecular formula is C10H12OS. The van der Waals surface area contributed by atoms with Crippen molar-refractivity contribution in [3.8, 4) is 0 Å². The van der Waals surface area contributed by atoms with Crippen LogP contribution in [0.4, 0.5) is 0 Å². The van der Waals surface area contributed by atoms with Gasteiger partial charge in [0.2, 0.25) is 0 Å². The maximum Gasteiger partial charge on any atom is 0.0684 e. The van der Waals surface area contributed by atoms with Crippen molar-refractivity contribution in [2.45, 2.75) is 12.5 Å². The summed E-state index contributed by atoms with van der Waals surface area (Å²) in [5.41, 5.74) is 2.45. The molecule has 1 aromatic rings. The summed E-state index contributed by atoms with van der Waals surface area (Å²) in [7, 11) is 0. The Labute approximate surface area is 76.8 Å². The van der Waals surface area contributed by atoms with Crippen molar-refractivity contribution in [1.82, 2.24) is 0 Å². The standard InChI is InChI=1S/C10H12OS/c11-5-8-3-1-2-4-10(8)9-6-12-7-9/h1-4,9,11H,5-7H2. The summed E-state index contributed by atoms with van der Waals surface area (Å²) in [5.74, 6) is 3.13. The average molecular weight is 180 g/mol. The molecule has 0 amide bonds. The minimum absolute atomic E-state index is 0.178. The largest absolute Gasteiger partial charge is 0.392 e. The zero-order valence-corrected chi connectivity index (χ0v) is 7.68. The summed E-state index contributed by atoms with van der Waals surface area (Å²) in [4.78, 5) is 0. The van der Waals surface area contributed by atoms with E-state index in [1.165, 1.54) is 17.1 Å². The van der Waals surface area contributed by atoms with E-state index in [4.69, 9.17) is 5.11 Å². The number of aliphatic hydroxyl groups excluding tert-OH is 1. The first-order valence-corrected chi connectivity index (χ1v) is 5.33. The molecule has 1 heterocycles. The molecule has 12 heavy (non-hydrogen) atoms. The molecule has 0 spiro atoms. The molecule has 1 aliphatic rings. The van der Waals surface area contributed by atoms with Crippen LogP contribution in [0.3, 0.4) is 0 Å². The van der Waals surface area contributed by atoms with Crippen molar-refractivity contribution in [2.75, 3.05) is 11.5 Å². The van der Waals surface area contributed by atoms with Crippen molar-refractivity contribution in [3.63, 3.8) is 0 Å². The number of aliphatic hydroxyl groups is 1. The van der Waals surface area contributed by atoms with Crippen LogP contribution in [0.2, 0.25) is 0 Å². The Morgan fingerprint density at radius 2 is 2.08 bits per heavy atom. The highest BCUT2D eigenvalue weighted by Crippen LogP contribution is 2.35. The van der Waals surface area contributed by atoms with E-state index < -0.39 is 0 Å². The van der Waals surface area contributed by atoms with Gasteiger partial charge < -0.3 is 5.11 Å². The quantitative estimate of drug-likeness (QED) is 0.751. The second kappa shape index (κ2) is 3.50. The predicted molar refractivity (Wildman–Crippen MR) is 52.4 cm³/mol. The average Bonchev–Trinajstić information content (AvgIpc) is 2.02. The van der Waals surface area contributed by atoms with E-state index in [1.807, 2.05) is 23.9 Å². The first kappa shape index (κ1) is 8.14. The Hall–Kier alpha value is -0.470. The second-order valence-corrected chi connectivity index (χ2v) is 4.17. The lowest BCUT2D eigenvalue weighted by molar-refractivity contribution is 0.280. The lowest BCUT2D eigenvalue weighted by Gasteiger charge is -2.26. The molecule has 2 heteroatoms. The third-order valence-corrected chi connectivity index (χ3v) is 3.58. The lowest BCUT2D eigenvalue weighted by atomic mass is 9.97. The zero-order chi connectivity index (χ0) is 8.39. The van der Waals surface area contributed by atoms with Gasteiger partial charge in [0.25, 0.3) is 0 Å². The third kappa shape index (κ3) is 1.37. The minimum Gasteiger partial charge on any atom is -0.392 e. The number of hydrogen-bond acceptors (Lipinski definition) is 2. The van der Waals surface area contributed by atoms with Crippen LogP contribution in [0, 0.1) is 0 Å². The Morgan fingerprint density at radius 1 is 1.33 bits per heavy atom. The van der Waals surface area contributed by atoms with Crippen LogP contribution in [0.5, 0.6) is 0 Å². The molecule has 0 atom stereocenters. The van der Waals surface area contributed by atoms with Crippen LogP contribution in [0.15, 0.2) is 24.3 Å². The van der Waals surface area contributed by atoms with Crippen LogP contribution in [0.25, 0.3) is 0 Å². The Kier molecular flexibility index (Phi) is 2.38. The number of rotatable bonds is 2. The van der Waals surface area contributed by atoms with Crippen molar-refractivity contribution in [1.29, 1.82) is 0 Å². The lowest BCUT2D eigenvalue weighted by Crippen LogP contribution is -2.17. The Bertz CT molecular complexity index is 268. The molecule has 0 bridgehead atoms. The van der Waals surface area contributed by atoms with Crippen LogP contribution in [0.1, 0.15) is 17.0 Å². The summed E-state index contributed by atoms with van der Waals surface area (Å²) in [6.07, 6.45) is 0. The van der Waals surface area contributed by atoms with Crippen LogP contribution < -0.4 is 0 Å². The third-order valence-electron chi connectivity index (χ3n) is 2.30. The first-order valence-electron chi connectivity index (χ1n) is 4.18. The van der Waals surface area contributed by atoms with E-state index in [-0.39, 0.29) is 6.61 Å². The first-order chi connectivity index (χ1) is 5.92. The summed E-state index contributed by atoms with van der Waals surface area (Å²) in [6.45, 7) is 0.178. The molecule has 0 radical (unpaired) electrons. The Morgan fingerprint density at radius 3 is 2.67 bits per heavy atom. The van der Waals surface area contributed by atoms with Gasteiger partial charge in [0.1, 0.15) is 0 Å². The van der Waals surface area contributed by atoms with Gasteiger partial charge >= 0.3 is 0 Å². The molecule has 2 rings (SSSR count). The van der Waals surface area contributed by atoms with Gasteiger partial charge in [-0.2, -0.15) is 11.8 Å². The highest BCUT2D eigenvalue weighted by molar-refractivity contribution is 8.00. The van der Waals surface area contributed by atoms with Crippen LogP contribution in [-0.2, 0) is 6.61 Å². The SMILES string of the molecule is OCc1ccccc1C1CSC1. The number of benzene rings is 1. The van der Waals surface area contributed by atoms with Gasteiger partial charge in [0.15, 0.2) is 0 Å². The van der Waals surface area contributed by atoms with E-state index in [0.717, 1.165) is 5.56 Å². The van der Waals surface area contributed by atoms with E-state index in [0.29, 0.717) is 5.92 Å². The molecule has 1 fully saturated rings. The molecule has 0 aliphatic carbocycles.